The summed E-state index contributed by atoms with van der Waals surface area (Å²) in [5.41, 5.74) is 0.896. The van der Waals surface area contributed by atoms with Gasteiger partial charge in [0.25, 0.3) is 0 Å². The van der Waals surface area contributed by atoms with Crippen molar-refractivity contribution in [1.29, 1.82) is 0 Å². The quantitative estimate of drug-likeness (QED) is 0.781. The summed E-state index contributed by atoms with van der Waals surface area (Å²) in [7, 11) is 0. The summed E-state index contributed by atoms with van der Waals surface area (Å²) in [5, 5.41) is 9.72. The first kappa shape index (κ1) is 9.65. The van der Waals surface area contributed by atoms with Gasteiger partial charge in [-0.05, 0) is 5.56 Å². The van der Waals surface area contributed by atoms with Crippen LogP contribution in [-0.4, -0.2) is 31.0 Å². The van der Waals surface area contributed by atoms with Crippen LogP contribution in [0.2, 0.25) is 0 Å². The molecular formula is C11H14O3. The van der Waals surface area contributed by atoms with Gasteiger partial charge in [0, 0.05) is 0 Å². The standard InChI is InChI=1S/C11H14O3/c12-11(8-14-10-6-13-7-10)9-4-2-1-3-5-9/h1-5,10-12H,6-8H2. The summed E-state index contributed by atoms with van der Waals surface area (Å²) in [5.74, 6) is 0. The molecule has 3 nitrogen and oxygen atoms in total. The minimum Gasteiger partial charge on any atom is -0.386 e. The normalized spacial score (nSPS) is 18.9. The maximum atomic E-state index is 9.72. The second kappa shape index (κ2) is 4.55. The van der Waals surface area contributed by atoms with Gasteiger partial charge in [0.15, 0.2) is 0 Å². The molecule has 0 spiro atoms. The molecule has 1 atom stereocenters. The Bertz CT molecular complexity index is 269. The van der Waals surface area contributed by atoms with E-state index in [0.29, 0.717) is 19.8 Å². The lowest BCUT2D eigenvalue weighted by Gasteiger charge is -2.27. The zero-order chi connectivity index (χ0) is 9.80. The van der Waals surface area contributed by atoms with Gasteiger partial charge in [0.2, 0.25) is 0 Å². The van der Waals surface area contributed by atoms with Crippen LogP contribution in [0.1, 0.15) is 11.7 Å². The fourth-order valence-corrected chi connectivity index (χ4v) is 1.31. The van der Waals surface area contributed by atoms with E-state index < -0.39 is 6.10 Å². The van der Waals surface area contributed by atoms with E-state index in [1.165, 1.54) is 0 Å². The summed E-state index contributed by atoms with van der Waals surface area (Å²) in [6, 6.07) is 9.53. The van der Waals surface area contributed by atoms with Crippen LogP contribution in [0, 0.1) is 0 Å². The predicted molar refractivity (Wildman–Crippen MR) is 52.0 cm³/mol. The molecule has 1 heterocycles. The molecule has 0 amide bonds. The smallest absolute Gasteiger partial charge is 0.104 e. The van der Waals surface area contributed by atoms with Gasteiger partial charge in [-0.1, -0.05) is 30.3 Å². The lowest BCUT2D eigenvalue weighted by molar-refractivity contribution is -0.143. The van der Waals surface area contributed by atoms with Crippen LogP contribution >= 0.6 is 0 Å². The lowest BCUT2D eigenvalue weighted by atomic mass is 10.1. The van der Waals surface area contributed by atoms with Gasteiger partial charge in [-0.2, -0.15) is 0 Å². The highest BCUT2D eigenvalue weighted by atomic mass is 16.6. The SMILES string of the molecule is OC(COC1COC1)c1ccccc1. The summed E-state index contributed by atoms with van der Waals surface area (Å²) in [4.78, 5) is 0. The number of rotatable bonds is 4. The molecule has 1 saturated heterocycles. The fraction of sp³-hybridized carbons (Fsp3) is 0.455. The highest BCUT2D eigenvalue weighted by Crippen LogP contribution is 2.14. The third kappa shape index (κ3) is 2.32. The number of aliphatic hydroxyl groups excluding tert-OH is 1. The summed E-state index contributed by atoms with van der Waals surface area (Å²) in [6.07, 6.45) is -0.356. The monoisotopic (exact) mass is 194 g/mol. The first-order chi connectivity index (χ1) is 6.86. The largest absolute Gasteiger partial charge is 0.386 e. The lowest BCUT2D eigenvalue weighted by Crippen LogP contribution is -2.37. The van der Waals surface area contributed by atoms with Gasteiger partial charge in [0.05, 0.1) is 19.8 Å². The van der Waals surface area contributed by atoms with Crippen LogP contribution in [0.4, 0.5) is 0 Å². The number of benzene rings is 1. The summed E-state index contributed by atoms with van der Waals surface area (Å²) < 4.78 is 10.4. The molecule has 1 N–H and O–H groups in total. The van der Waals surface area contributed by atoms with Gasteiger partial charge in [-0.25, -0.2) is 0 Å². The minimum absolute atomic E-state index is 0.174. The Morgan fingerprint density at radius 3 is 2.64 bits per heavy atom. The first-order valence-electron chi connectivity index (χ1n) is 4.78. The van der Waals surface area contributed by atoms with Crippen molar-refractivity contribution in [3.05, 3.63) is 35.9 Å². The molecule has 1 aliphatic heterocycles. The maximum absolute atomic E-state index is 9.72. The van der Waals surface area contributed by atoms with Crippen molar-refractivity contribution in [3.8, 4) is 0 Å². The van der Waals surface area contributed by atoms with Crippen molar-refractivity contribution >= 4 is 0 Å². The Morgan fingerprint density at radius 1 is 1.36 bits per heavy atom. The highest BCUT2D eigenvalue weighted by Gasteiger charge is 2.20. The van der Waals surface area contributed by atoms with Crippen LogP contribution < -0.4 is 0 Å². The third-order valence-corrected chi connectivity index (χ3v) is 2.28. The van der Waals surface area contributed by atoms with Crippen molar-refractivity contribution in [2.75, 3.05) is 19.8 Å². The zero-order valence-corrected chi connectivity index (χ0v) is 7.93. The average molecular weight is 194 g/mol. The molecule has 0 aromatic heterocycles. The molecule has 1 unspecified atom stereocenters. The van der Waals surface area contributed by atoms with Gasteiger partial charge in [-0.15, -0.1) is 0 Å². The fourth-order valence-electron chi connectivity index (χ4n) is 1.31. The van der Waals surface area contributed by atoms with Crippen LogP contribution in [0.25, 0.3) is 0 Å². The van der Waals surface area contributed by atoms with E-state index >= 15 is 0 Å². The van der Waals surface area contributed by atoms with Gasteiger partial charge >= 0.3 is 0 Å². The van der Waals surface area contributed by atoms with E-state index in [9.17, 15) is 5.11 Å². The molecule has 76 valence electrons. The van der Waals surface area contributed by atoms with E-state index in [-0.39, 0.29) is 6.10 Å². The van der Waals surface area contributed by atoms with Crippen molar-refractivity contribution in [2.45, 2.75) is 12.2 Å². The van der Waals surface area contributed by atoms with Crippen molar-refractivity contribution in [3.63, 3.8) is 0 Å². The summed E-state index contributed by atoms with van der Waals surface area (Å²) >= 11 is 0. The molecule has 1 aromatic carbocycles. The van der Waals surface area contributed by atoms with Crippen LogP contribution in [0.5, 0.6) is 0 Å². The van der Waals surface area contributed by atoms with Crippen LogP contribution in [0.3, 0.4) is 0 Å². The van der Waals surface area contributed by atoms with Crippen molar-refractivity contribution < 1.29 is 14.6 Å². The molecule has 1 aliphatic rings. The molecule has 1 fully saturated rings. The molecule has 0 bridgehead atoms. The van der Waals surface area contributed by atoms with Gasteiger partial charge in [0.1, 0.15) is 12.2 Å². The molecule has 2 rings (SSSR count). The van der Waals surface area contributed by atoms with Gasteiger partial charge in [-0.3, -0.25) is 0 Å². The Balaban J connectivity index is 1.80. The Hall–Kier alpha value is -0.900. The maximum Gasteiger partial charge on any atom is 0.104 e. The van der Waals surface area contributed by atoms with Crippen molar-refractivity contribution in [2.24, 2.45) is 0 Å². The van der Waals surface area contributed by atoms with E-state index in [2.05, 4.69) is 0 Å². The Labute approximate surface area is 83.3 Å². The van der Waals surface area contributed by atoms with Gasteiger partial charge < -0.3 is 14.6 Å². The second-order valence-electron chi connectivity index (χ2n) is 3.42. The molecule has 3 heteroatoms. The van der Waals surface area contributed by atoms with Crippen LogP contribution in [-0.2, 0) is 9.47 Å². The van der Waals surface area contributed by atoms with E-state index in [4.69, 9.17) is 9.47 Å². The third-order valence-electron chi connectivity index (χ3n) is 2.28. The van der Waals surface area contributed by atoms with Crippen LogP contribution in [0.15, 0.2) is 30.3 Å². The number of aliphatic hydroxyl groups is 1. The second-order valence-corrected chi connectivity index (χ2v) is 3.42. The molecule has 14 heavy (non-hydrogen) atoms. The Morgan fingerprint density at radius 2 is 2.07 bits per heavy atom. The average Bonchev–Trinajstić information content (AvgIpc) is 2.16. The topological polar surface area (TPSA) is 38.7 Å². The summed E-state index contributed by atoms with van der Waals surface area (Å²) in [6.45, 7) is 1.65. The minimum atomic E-state index is -0.531. The zero-order valence-electron chi connectivity index (χ0n) is 7.93. The Kier molecular flexibility index (Phi) is 3.14. The van der Waals surface area contributed by atoms with E-state index in [1.807, 2.05) is 30.3 Å². The van der Waals surface area contributed by atoms with E-state index in [1.54, 1.807) is 0 Å². The molecule has 0 saturated carbocycles. The molecule has 1 aromatic rings. The molecule has 0 aliphatic carbocycles. The highest BCUT2D eigenvalue weighted by molar-refractivity contribution is 5.17. The predicted octanol–water partition coefficient (Wildman–Crippen LogP) is 1.14. The number of hydrogen-bond donors (Lipinski definition) is 1. The van der Waals surface area contributed by atoms with E-state index in [0.717, 1.165) is 5.56 Å². The van der Waals surface area contributed by atoms with Crippen molar-refractivity contribution in [1.82, 2.24) is 0 Å². The first-order valence-corrected chi connectivity index (χ1v) is 4.78. The molecule has 0 radical (unpaired) electrons. The number of hydrogen-bond acceptors (Lipinski definition) is 3. The molecular weight excluding hydrogens is 180 g/mol. The number of ether oxygens (including phenoxy) is 2.